The summed E-state index contributed by atoms with van der Waals surface area (Å²) in [7, 11) is 0. The van der Waals surface area contributed by atoms with E-state index in [9.17, 15) is 0 Å². The van der Waals surface area contributed by atoms with Crippen molar-refractivity contribution in [1.29, 1.82) is 0 Å². The van der Waals surface area contributed by atoms with Gasteiger partial charge in [-0.2, -0.15) is 0 Å². The minimum absolute atomic E-state index is 0.120. The molecule has 0 aliphatic carbocycles. The highest BCUT2D eigenvalue weighted by Crippen LogP contribution is 2.47. The molecule has 19 rings (SSSR count). The summed E-state index contributed by atoms with van der Waals surface area (Å²) in [6, 6.07) is 133. The van der Waals surface area contributed by atoms with E-state index in [-0.39, 0.29) is 6.71 Å². The third kappa shape index (κ3) is 8.85. The van der Waals surface area contributed by atoms with Crippen molar-refractivity contribution in [3.05, 3.63) is 358 Å². The van der Waals surface area contributed by atoms with Crippen LogP contribution in [0.3, 0.4) is 0 Å². The Balaban J connectivity index is 0.961. The molecule has 0 radical (unpaired) electrons. The molecule has 0 fully saturated rings. The topological polar surface area (TPSA) is 19.7 Å². The zero-order valence-corrected chi connectivity index (χ0v) is 51.9. The lowest BCUT2D eigenvalue weighted by molar-refractivity contribution is 1.14. The fraction of sp³-hybridized carbons (Fsp3) is 0. The first-order chi connectivity index (χ1) is 47.1. The fourth-order valence-electron chi connectivity index (χ4n) is 15.7. The molecule has 0 aliphatic rings. The van der Waals surface area contributed by atoms with Gasteiger partial charge < -0.3 is 18.3 Å². The van der Waals surface area contributed by atoms with E-state index in [1.165, 1.54) is 104 Å². The lowest BCUT2D eigenvalue weighted by Crippen LogP contribution is -2.52. The highest BCUT2D eigenvalue weighted by atomic mass is 15.0. The first kappa shape index (κ1) is 54.3. The number of para-hydroxylation sites is 2. The summed E-state index contributed by atoms with van der Waals surface area (Å²) < 4.78 is 10.1. The number of nitrogens with zero attached hydrogens (tertiary/aromatic N) is 4. The lowest BCUT2D eigenvalue weighted by Gasteiger charge is -2.20. The van der Waals surface area contributed by atoms with Crippen molar-refractivity contribution in [2.24, 2.45) is 0 Å². The van der Waals surface area contributed by atoms with Gasteiger partial charge in [0.2, 0.25) is 6.71 Å². The molecule has 0 unspecified atom stereocenters. The first-order valence-electron chi connectivity index (χ1n) is 32.8. The molecule has 0 atom stereocenters. The molecular weight excluding hydrogens is 1150 g/mol. The van der Waals surface area contributed by atoms with E-state index in [2.05, 4.69) is 376 Å². The van der Waals surface area contributed by atoms with Crippen molar-refractivity contribution in [2.75, 3.05) is 0 Å². The van der Waals surface area contributed by atoms with E-state index in [1.807, 2.05) is 0 Å². The third-order valence-electron chi connectivity index (χ3n) is 19.8. The summed E-state index contributed by atoms with van der Waals surface area (Å²) in [5, 5.41) is 9.67. The van der Waals surface area contributed by atoms with Gasteiger partial charge in [0.1, 0.15) is 0 Å². The SMILES string of the molecule is c1ccc(B(c2ccccc2)c2cc(-n3c4ccc(-c5ccccc5)cc4c4c5c6cc(-c7ccccc7)ccc6n(-c6ccccc6)c5ccc43)cc(-n3c4ccc(-c5ccccc5)cc4c4c5c6cc(-c7ccccc7)ccc6n(-c6ccccc6)c5ccc43)c2)cc1. The van der Waals surface area contributed by atoms with E-state index in [1.54, 1.807) is 0 Å². The van der Waals surface area contributed by atoms with Crippen LogP contribution in [0.1, 0.15) is 0 Å². The molecule has 4 aromatic heterocycles. The maximum absolute atomic E-state index is 2.57. The number of hydrogen-bond acceptors (Lipinski definition) is 0. The van der Waals surface area contributed by atoms with Crippen LogP contribution in [-0.2, 0) is 0 Å². The maximum atomic E-state index is 2.57. The molecule has 0 N–H and O–H groups in total. The molecule has 15 aromatic carbocycles. The van der Waals surface area contributed by atoms with Crippen LogP contribution >= 0.6 is 0 Å². The molecule has 19 aromatic rings. The van der Waals surface area contributed by atoms with Crippen LogP contribution in [0, 0.1) is 0 Å². The second kappa shape index (κ2) is 22.2. The summed E-state index contributed by atoms with van der Waals surface area (Å²) in [4.78, 5) is 0. The maximum Gasteiger partial charge on any atom is 0.241 e. The molecule has 0 spiro atoms. The molecule has 95 heavy (non-hydrogen) atoms. The van der Waals surface area contributed by atoms with Gasteiger partial charge >= 0.3 is 0 Å². The average Bonchev–Trinajstić information content (AvgIpc) is 1.55. The Morgan fingerprint density at radius 2 is 0.389 bits per heavy atom. The van der Waals surface area contributed by atoms with E-state index < -0.39 is 0 Å². The highest BCUT2D eigenvalue weighted by molar-refractivity contribution is 6.95. The number of aromatic nitrogens is 4. The summed E-state index contributed by atoms with van der Waals surface area (Å²) >= 11 is 0. The second-order valence-electron chi connectivity index (χ2n) is 25.1. The fourth-order valence-corrected chi connectivity index (χ4v) is 15.7. The molecule has 0 aliphatic heterocycles. The van der Waals surface area contributed by atoms with Crippen molar-refractivity contribution in [2.45, 2.75) is 0 Å². The summed E-state index contributed by atoms with van der Waals surface area (Å²) in [6.07, 6.45) is 0. The Hall–Kier alpha value is -12.4. The third-order valence-corrected chi connectivity index (χ3v) is 19.8. The zero-order chi connectivity index (χ0) is 62.5. The predicted molar refractivity (Wildman–Crippen MR) is 403 cm³/mol. The predicted octanol–water partition coefficient (Wildman–Crippen LogP) is 21.3. The van der Waals surface area contributed by atoms with Gasteiger partial charge in [-0.05, 0) is 160 Å². The van der Waals surface area contributed by atoms with E-state index in [4.69, 9.17) is 0 Å². The van der Waals surface area contributed by atoms with Crippen LogP contribution in [0.5, 0.6) is 0 Å². The second-order valence-corrected chi connectivity index (χ2v) is 25.1. The molecule has 5 heteroatoms. The highest BCUT2D eigenvalue weighted by Gasteiger charge is 2.28. The molecule has 0 amide bonds. The molecular formula is C90H59BN4. The van der Waals surface area contributed by atoms with Crippen LogP contribution < -0.4 is 16.4 Å². The molecule has 442 valence electrons. The largest absolute Gasteiger partial charge is 0.309 e. The first-order valence-corrected chi connectivity index (χ1v) is 32.8. The van der Waals surface area contributed by atoms with Crippen LogP contribution in [0.4, 0.5) is 0 Å². The molecule has 0 saturated heterocycles. The van der Waals surface area contributed by atoms with Crippen LogP contribution in [-0.4, -0.2) is 25.0 Å². The standard InChI is InChI=1S/C90H59BN4/c1-9-25-60(26-10-1)64-41-45-79-75(53-64)87-83(92(79)71-37-21-7-22-38-71)49-51-85-89(87)77-55-66(62-29-13-3-14-30-62)43-47-81(77)94(85)73-57-70(91(68-33-17-5-18-34-68)69-35-19-6-20-36-69)58-74(59-73)95-82-48-44-67(63-31-15-4-16-32-63)56-78(82)90-86(95)52-50-84-88(90)76-54-65(61-27-11-2-12-28-61)42-46-80(76)93(84)72-39-23-8-24-40-72/h1-59H. The van der Waals surface area contributed by atoms with Crippen molar-refractivity contribution in [3.8, 4) is 67.3 Å². The summed E-state index contributed by atoms with van der Waals surface area (Å²) in [5.74, 6) is 0. The van der Waals surface area contributed by atoms with Crippen molar-refractivity contribution >= 4 is 110 Å². The minimum atomic E-state index is -0.120. The number of rotatable bonds is 11. The normalized spacial score (nSPS) is 11.8. The van der Waals surface area contributed by atoms with Gasteiger partial charge in [-0.1, -0.05) is 259 Å². The number of hydrogen-bond donors (Lipinski definition) is 0. The van der Waals surface area contributed by atoms with Gasteiger partial charge in [0.15, 0.2) is 0 Å². The monoisotopic (exact) mass is 1210 g/mol. The Bertz CT molecular complexity index is 5780. The smallest absolute Gasteiger partial charge is 0.241 e. The number of fused-ring (bicyclic) bond motifs is 14. The minimum Gasteiger partial charge on any atom is -0.309 e. The van der Waals surface area contributed by atoms with Crippen molar-refractivity contribution in [1.82, 2.24) is 18.3 Å². The van der Waals surface area contributed by atoms with Gasteiger partial charge in [0.05, 0.1) is 44.1 Å². The van der Waals surface area contributed by atoms with Gasteiger partial charge in [-0.3, -0.25) is 0 Å². The quantitative estimate of drug-likeness (QED) is 0.115. The lowest BCUT2D eigenvalue weighted by atomic mass is 9.37. The zero-order valence-electron chi connectivity index (χ0n) is 51.9. The Labute approximate surface area is 550 Å². The summed E-state index contributed by atoms with van der Waals surface area (Å²) in [5.41, 5.74) is 26.6. The Morgan fingerprint density at radius 3 is 0.663 bits per heavy atom. The average molecular weight is 1210 g/mol. The van der Waals surface area contributed by atoms with Crippen LogP contribution in [0.2, 0.25) is 0 Å². The van der Waals surface area contributed by atoms with Gasteiger partial charge in [0.25, 0.3) is 0 Å². The Morgan fingerprint density at radius 1 is 0.158 bits per heavy atom. The van der Waals surface area contributed by atoms with Gasteiger partial charge in [0, 0.05) is 65.8 Å². The summed E-state index contributed by atoms with van der Waals surface area (Å²) in [6.45, 7) is -0.120. The number of benzene rings is 15. The van der Waals surface area contributed by atoms with Gasteiger partial charge in [-0.15, -0.1) is 0 Å². The van der Waals surface area contributed by atoms with Gasteiger partial charge in [-0.25, -0.2) is 0 Å². The molecule has 4 nitrogen and oxygen atoms in total. The van der Waals surface area contributed by atoms with Crippen LogP contribution in [0.25, 0.3) is 154 Å². The van der Waals surface area contributed by atoms with E-state index in [0.717, 1.165) is 66.9 Å². The molecule has 0 saturated carbocycles. The van der Waals surface area contributed by atoms with Crippen molar-refractivity contribution < 1.29 is 0 Å². The molecule has 0 bridgehead atoms. The Kier molecular flexibility index (Phi) is 12.7. The molecule has 4 heterocycles. The van der Waals surface area contributed by atoms with Crippen molar-refractivity contribution in [3.63, 3.8) is 0 Å². The van der Waals surface area contributed by atoms with E-state index in [0.29, 0.717) is 0 Å². The van der Waals surface area contributed by atoms with Crippen LogP contribution in [0.15, 0.2) is 358 Å². The van der Waals surface area contributed by atoms with E-state index >= 15 is 0 Å².